The van der Waals surface area contributed by atoms with Gasteiger partial charge >= 0.3 is 0 Å². The van der Waals surface area contributed by atoms with Gasteiger partial charge in [0.2, 0.25) is 5.91 Å². The van der Waals surface area contributed by atoms with Gasteiger partial charge in [-0.2, -0.15) is 5.10 Å². The van der Waals surface area contributed by atoms with Crippen molar-refractivity contribution in [3.05, 3.63) is 6.33 Å². The summed E-state index contributed by atoms with van der Waals surface area (Å²) < 4.78 is 0. The van der Waals surface area contributed by atoms with Crippen LogP contribution < -0.4 is 11.1 Å². The van der Waals surface area contributed by atoms with Crippen molar-refractivity contribution in [2.75, 3.05) is 12.8 Å². The van der Waals surface area contributed by atoms with E-state index < -0.39 is 5.54 Å². The number of likely N-dealkylation sites (N-methyl/N-ethyl adjacent to an activating group) is 1. The molecular weight excluding hydrogens is 250 g/mol. The molecule has 0 radical (unpaired) electrons. The first-order valence-corrected chi connectivity index (χ1v) is 7.14. The highest BCUT2D eigenvalue weighted by Crippen LogP contribution is 2.38. The highest BCUT2D eigenvalue weighted by Gasteiger charge is 2.45. The Morgan fingerprint density at radius 3 is 3.22 bits per heavy atom. The third-order valence-electron chi connectivity index (χ3n) is 3.80. The predicted octanol–water partition coefficient (Wildman–Crippen LogP) is 0.530. The molecular formula is C11H19N5OS. The first-order valence-electron chi connectivity index (χ1n) is 6.16. The Hall–Kier alpha value is -1.08. The molecule has 0 aromatic carbocycles. The summed E-state index contributed by atoms with van der Waals surface area (Å²) in [5.41, 5.74) is 5.05. The van der Waals surface area contributed by atoms with Gasteiger partial charge in [0, 0.05) is 5.75 Å². The molecule has 7 heteroatoms. The van der Waals surface area contributed by atoms with E-state index in [1.165, 1.54) is 6.33 Å². The third kappa shape index (κ3) is 2.51. The zero-order valence-electron chi connectivity index (χ0n) is 10.5. The molecule has 0 bridgehead atoms. The number of amides is 1. The Kier molecular flexibility index (Phi) is 4.23. The number of nitrogens with zero attached hydrogens (tertiary/aromatic N) is 2. The Labute approximate surface area is 111 Å². The summed E-state index contributed by atoms with van der Waals surface area (Å²) in [5.74, 6) is 1.00. The number of aromatic amines is 1. The number of nitrogens with two attached hydrogens (primary N) is 1. The molecule has 1 aliphatic carbocycles. The Morgan fingerprint density at radius 1 is 1.78 bits per heavy atom. The van der Waals surface area contributed by atoms with E-state index >= 15 is 0 Å². The number of nitrogens with one attached hydrogen (secondary N) is 2. The van der Waals surface area contributed by atoms with Gasteiger partial charge in [0.25, 0.3) is 0 Å². The van der Waals surface area contributed by atoms with Crippen molar-refractivity contribution in [1.29, 1.82) is 0 Å². The predicted molar refractivity (Wildman–Crippen MR) is 70.0 cm³/mol. The summed E-state index contributed by atoms with van der Waals surface area (Å²) in [6, 6.07) is 0. The second-order valence-electron chi connectivity index (χ2n) is 4.60. The Balaban J connectivity index is 1.89. The lowest BCUT2D eigenvalue weighted by molar-refractivity contribution is -0.125. The van der Waals surface area contributed by atoms with Crippen LogP contribution in [0.1, 0.15) is 25.7 Å². The quantitative estimate of drug-likeness (QED) is 0.655. The van der Waals surface area contributed by atoms with Crippen LogP contribution in [0.4, 0.5) is 0 Å². The number of rotatable bonds is 6. The fourth-order valence-corrected chi connectivity index (χ4v) is 3.64. The van der Waals surface area contributed by atoms with Crippen LogP contribution in [0.15, 0.2) is 11.5 Å². The minimum absolute atomic E-state index is 0.225. The van der Waals surface area contributed by atoms with Crippen LogP contribution in [0.3, 0.4) is 0 Å². The molecule has 100 valence electrons. The molecule has 0 saturated heterocycles. The summed E-state index contributed by atoms with van der Waals surface area (Å²) in [5, 5.41) is 10.6. The van der Waals surface area contributed by atoms with Crippen molar-refractivity contribution in [3.63, 3.8) is 0 Å². The van der Waals surface area contributed by atoms with E-state index in [0.29, 0.717) is 5.92 Å². The topological polar surface area (TPSA) is 96.7 Å². The number of hydrogen-bond donors (Lipinski definition) is 3. The lowest BCUT2D eigenvalue weighted by atomic mass is 9.84. The van der Waals surface area contributed by atoms with E-state index in [9.17, 15) is 4.79 Å². The van der Waals surface area contributed by atoms with Crippen LogP contribution in [0.5, 0.6) is 0 Å². The summed E-state index contributed by atoms with van der Waals surface area (Å²) >= 11 is 1.63. The van der Waals surface area contributed by atoms with E-state index in [-0.39, 0.29) is 5.91 Å². The van der Waals surface area contributed by atoms with Crippen molar-refractivity contribution < 1.29 is 4.79 Å². The standard InChI is InChI=1S/C11H19N5OS/c1-13-11(9(12)17)5-2-3-8(11)4-6-18-10-14-7-15-16-10/h7-8,13H,2-6H2,1H3,(H2,12,17)(H,14,15,16). The van der Waals surface area contributed by atoms with E-state index in [1.807, 2.05) is 7.05 Å². The van der Waals surface area contributed by atoms with Crippen molar-refractivity contribution >= 4 is 17.7 Å². The van der Waals surface area contributed by atoms with Crippen molar-refractivity contribution in [2.45, 2.75) is 36.4 Å². The number of primary amides is 1. The lowest BCUT2D eigenvalue weighted by Gasteiger charge is -2.32. The number of hydrogen-bond acceptors (Lipinski definition) is 5. The largest absolute Gasteiger partial charge is 0.368 e. The van der Waals surface area contributed by atoms with Gasteiger partial charge < -0.3 is 11.1 Å². The zero-order valence-corrected chi connectivity index (χ0v) is 11.3. The average Bonchev–Trinajstić information content (AvgIpc) is 2.98. The van der Waals surface area contributed by atoms with E-state index in [4.69, 9.17) is 5.73 Å². The van der Waals surface area contributed by atoms with Gasteiger partial charge in [-0.3, -0.25) is 9.89 Å². The summed E-state index contributed by atoms with van der Waals surface area (Å²) in [6.07, 6.45) is 5.41. The molecule has 4 N–H and O–H groups in total. The number of thioether (sulfide) groups is 1. The van der Waals surface area contributed by atoms with Crippen molar-refractivity contribution in [2.24, 2.45) is 11.7 Å². The van der Waals surface area contributed by atoms with Gasteiger partial charge in [0.15, 0.2) is 5.16 Å². The van der Waals surface area contributed by atoms with E-state index in [1.54, 1.807) is 11.8 Å². The van der Waals surface area contributed by atoms with Crippen LogP contribution >= 0.6 is 11.8 Å². The second-order valence-corrected chi connectivity index (χ2v) is 5.69. The van der Waals surface area contributed by atoms with Gasteiger partial charge in [-0.25, -0.2) is 4.98 Å². The molecule has 2 unspecified atom stereocenters. The lowest BCUT2D eigenvalue weighted by Crippen LogP contribution is -2.56. The second kappa shape index (κ2) is 5.71. The molecule has 0 aliphatic heterocycles. The van der Waals surface area contributed by atoms with Gasteiger partial charge in [0.1, 0.15) is 11.9 Å². The fraction of sp³-hybridized carbons (Fsp3) is 0.727. The highest BCUT2D eigenvalue weighted by molar-refractivity contribution is 7.99. The molecule has 1 heterocycles. The molecule has 0 spiro atoms. The molecule has 1 fully saturated rings. The summed E-state index contributed by atoms with van der Waals surface area (Å²) in [6.45, 7) is 0. The van der Waals surface area contributed by atoms with Crippen LogP contribution in [0.25, 0.3) is 0 Å². The first kappa shape index (κ1) is 13.4. The molecule has 2 atom stereocenters. The normalized spacial score (nSPS) is 27.5. The van der Waals surface area contributed by atoms with Crippen LogP contribution in [-0.4, -0.2) is 39.4 Å². The molecule has 1 saturated carbocycles. The number of carbonyl (C=O) groups is 1. The highest BCUT2D eigenvalue weighted by atomic mass is 32.2. The molecule has 1 amide bonds. The minimum atomic E-state index is -0.512. The van der Waals surface area contributed by atoms with Gasteiger partial charge in [0.05, 0.1) is 0 Å². The van der Waals surface area contributed by atoms with Crippen LogP contribution in [-0.2, 0) is 4.79 Å². The monoisotopic (exact) mass is 269 g/mol. The average molecular weight is 269 g/mol. The Morgan fingerprint density at radius 2 is 2.61 bits per heavy atom. The van der Waals surface area contributed by atoms with E-state index in [2.05, 4.69) is 20.5 Å². The van der Waals surface area contributed by atoms with E-state index in [0.717, 1.165) is 36.6 Å². The maximum absolute atomic E-state index is 11.7. The van der Waals surface area contributed by atoms with Crippen molar-refractivity contribution in [1.82, 2.24) is 20.5 Å². The smallest absolute Gasteiger partial charge is 0.238 e. The molecule has 18 heavy (non-hydrogen) atoms. The maximum atomic E-state index is 11.7. The van der Waals surface area contributed by atoms with Crippen LogP contribution in [0.2, 0.25) is 0 Å². The number of carbonyl (C=O) groups excluding carboxylic acids is 1. The van der Waals surface area contributed by atoms with Crippen molar-refractivity contribution in [3.8, 4) is 0 Å². The fourth-order valence-electron chi connectivity index (χ4n) is 2.81. The number of aromatic nitrogens is 3. The molecule has 1 aliphatic rings. The minimum Gasteiger partial charge on any atom is -0.368 e. The van der Waals surface area contributed by atoms with Gasteiger partial charge in [-0.05, 0) is 32.2 Å². The number of H-pyrrole nitrogens is 1. The van der Waals surface area contributed by atoms with Gasteiger partial charge in [-0.15, -0.1) is 0 Å². The summed E-state index contributed by atoms with van der Waals surface area (Å²) in [4.78, 5) is 15.7. The summed E-state index contributed by atoms with van der Waals surface area (Å²) in [7, 11) is 1.83. The van der Waals surface area contributed by atoms with Gasteiger partial charge in [-0.1, -0.05) is 18.2 Å². The molecule has 1 aromatic rings. The SMILES string of the molecule is CNC1(C(N)=O)CCCC1CCSc1ncn[nH]1. The zero-order chi connectivity index (χ0) is 13.0. The molecule has 1 aromatic heterocycles. The maximum Gasteiger partial charge on any atom is 0.238 e. The third-order valence-corrected chi connectivity index (χ3v) is 4.71. The molecule has 2 rings (SSSR count). The first-order chi connectivity index (χ1) is 8.69. The van der Waals surface area contributed by atoms with Crippen LogP contribution in [0, 0.1) is 5.92 Å². The molecule has 6 nitrogen and oxygen atoms in total. The Bertz CT molecular complexity index is 396.